The van der Waals surface area contributed by atoms with Crippen molar-refractivity contribution in [3.8, 4) is 0 Å². The zero-order valence-corrected chi connectivity index (χ0v) is 13.2. The number of thiazole rings is 1. The van der Waals surface area contributed by atoms with Crippen LogP contribution >= 0.6 is 11.3 Å². The van der Waals surface area contributed by atoms with Crippen LogP contribution in [0, 0.1) is 6.92 Å². The molecule has 0 radical (unpaired) electrons. The zero-order valence-electron chi connectivity index (χ0n) is 12.4. The first-order chi connectivity index (χ1) is 9.41. The quantitative estimate of drug-likeness (QED) is 0.867. The van der Waals surface area contributed by atoms with Crippen molar-refractivity contribution < 1.29 is 9.32 Å². The summed E-state index contributed by atoms with van der Waals surface area (Å²) in [6, 6.07) is 1.54. The Balaban J connectivity index is 2.22. The fourth-order valence-corrected chi connectivity index (χ4v) is 3.09. The van der Waals surface area contributed by atoms with E-state index in [1.165, 1.54) is 6.26 Å². The van der Waals surface area contributed by atoms with E-state index in [1.54, 1.807) is 29.4 Å². The maximum atomic E-state index is 12.3. The summed E-state index contributed by atoms with van der Waals surface area (Å²) in [7, 11) is 1.77. The summed E-state index contributed by atoms with van der Waals surface area (Å²) in [5.74, 6) is 0.251. The number of carbonyl (C=O) groups is 1. The van der Waals surface area contributed by atoms with E-state index in [0.29, 0.717) is 11.6 Å². The van der Waals surface area contributed by atoms with Gasteiger partial charge in [-0.25, -0.2) is 4.98 Å². The van der Waals surface area contributed by atoms with Gasteiger partial charge < -0.3 is 9.42 Å². The number of carbonyl (C=O) groups excluding carboxylic acids is 1. The normalized spacial score (nSPS) is 12.7. The molecule has 0 saturated heterocycles. The molecule has 0 aliphatic rings. The molecule has 5 nitrogen and oxygen atoms in total. The molecule has 2 heterocycles. The molecule has 108 valence electrons. The lowest BCUT2D eigenvalue weighted by atomic mass is 10.2. The minimum atomic E-state index is -0.148. The predicted octanol–water partition coefficient (Wildman–Crippen LogP) is 3.40. The van der Waals surface area contributed by atoms with Crippen LogP contribution in [0.15, 0.2) is 16.9 Å². The fourth-order valence-electron chi connectivity index (χ4n) is 1.92. The van der Waals surface area contributed by atoms with Crippen LogP contribution < -0.4 is 0 Å². The van der Waals surface area contributed by atoms with Crippen molar-refractivity contribution in [3.63, 3.8) is 0 Å². The molecule has 1 unspecified atom stereocenters. The highest BCUT2D eigenvalue weighted by atomic mass is 32.1. The van der Waals surface area contributed by atoms with Crippen LogP contribution in [0.4, 0.5) is 0 Å². The van der Waals surface area contributed by atoms with Crippen molar-refractivity contribution in [2.24, 2.45) is 0 Å². The van der Waals surface area contributed by atoms with Crippen LogP contribution in [0.1, 0.15) is 58.8 Å². The average Bonchev–Trinajstić information content (AvgIpc) is 3.05. The Hall–Kier alpha value is -1.69. The van der Waals surface area contributed by atoms with Crippen molar-refractivity contribution in [1.82, 2.24) is 15.0 Å². The number of hydrogen-bond donors (Lipinski definition) is 0. The number of nitrogens with zero attached hydrogens (tertiary/aromatic N) is 3. The molecule has 2 aromatic heterocycles. The third-order valence-electron chi connectivity index (χ3n) is 3.28. The summed E-state index contributed by atoms with van der Waals surface area (Å²) in [5.41, 5.74) is 1.32. The Morgan fingerprint density at radius 3 is 2.60 bits per heavy atom. The molecule has 2 aromatic rings. The Bertz CT molecular complexity index is 590. The van der Waals surface area contributed by atoms with Gasteiger partial charge in [0.05, 0.1) is 16.7 Å². The molecular weight excluding hydrogens is 274 g/mol. The topological polar surface area (TPSA) is 59.2 Å². The van der Waals surface area contributed by atoms with Crippen molar-refractivity contribution in [2.75, 3.05) is 7.05 Å². The maximum Gasteiger partial charge on any atom is 0.276 e. The molecule has 1 atom stereocenters. The smallest absolute Gasteiger partial charge is 0.276 e. The van der Waals surface area contributed by atoms with E-state index in [-0.39, 0.29) is 11.9 Å². The highest BCUT2D eigenvalue weighted by Gasteiger charge is 2.24. The molecule has 0 saturated carbocycles. The molecule has 0 fully saturated rings. The Morgan fingerprint density at radius 2 is 2.10 bits per heavy atom. The summed E-state index contributed by atoms with van der Waals surface area (Å²) in [6.07, 6.45) is 1.40. The monoisotopic (exact) mass is 293 g/mol. The number of hydrogen-bond acceptors (Lipinski definition) is 5. The minimum absolute atomic E-state index is 0.0378. The minimum Gasteiger partial charge on any atom is -0.364 e. The lowest BCUT2D eigenvalue weighted by Gasteiger charge is -2.23. The lowest BCUT2D eigenvalue weighted by molar-refractivity contribution is 0.0734. The van der Waals surface area contributed by atoms with Crippen LogP contribution in [-0.4, -0.2) is 28.0 Å². The van der Waals surface area contributed by atoms with Gasteiger partial charge in [0.25, 0.3) is 5.91 Å². The van der Waals surface area contributed by atoms with E-state index >= 15 is 0 Å². The highest BCUT2D eigenvalue weighted by Crippen LogP contribution is 2.32. The van der Waals surface area contributed by atoms with Gasteiger partial charge in [-0.1, -0.05) is 19.0 Å². The van der Waals surface area contributed by atoms with Gasteiger partial charge in [-0.3, -0.25) is 4.79 Å². The molecule has 0 aliphatic carbocycles. The molecule has 20 heavy (non-hydrogen) atoms. The van der Waals surface area contributed by atoms with E-state index in [2.05, 4.69) is 24.0 Å². The summed E-state index contributed by atoms with van der Waals surface area (Å²) in [4.78, 5) is 19.6. The summed E-state index contributed by atoms with van der Waals surface area (Å²) in [6.45, 7) is 8.24. The van der Waals surface area contributed by atoms with Crippen LogP contribution in [0.5, 0.6) is 0 Å². The number of aromatic nitrogens is 2. The van der Waals surface area contributed by atoms with Gasteiger partial charge in [0, 0.05) is 23.9 Å². The second-order valence-electron chi connectivity index (χ2n) is 5.13. The van der Waals surface area contributed by atoms with Crippen LogP contribution in [-0.2, 0) is 0 Å². The van der Waals surface area contributed by atoms with Crippen LogP contribution in [0.25, 0.3) is 0 Å². The second kappa shape index (κ2) is 5.75. The predicted molar refractivity (Wildman–Crippen MR) is 78.0 cm³/mol. The molecule has 2 rings (SSSR count). The van der Waals surface area contributed by atoms with Crippen LogP contribution in [0.3, 0.4) is 0 Å². The largest absolute Gasteiger partial charge is 0.364 e. The molecular formula is C14H19N3O2S. The molecule has 0 bridgehead atoms. The number of rotatable bonds is 4. The van der Waals surface area contributed by atoms with Gasteiger partial charge in [0.15, 0.2) is 5.69 Å². The van der Waals surface area contributed by atoms with E-state index < -0.39 is 0 Å². The average molecular weight is 293 g/mol. The molecule has 0 N–H and O–H groups in total. The van der Waals surface area contributed by atoms with Gasteiger partial charge in [-0.15, -0.1) is 11.3 Å². The van der Waals surface area contributed by atoms with Gasteiger partial charge in [-0.05, 0) is 13.8 Å². The fraction of sp³-hybridized carbons (Fsp3) is 0.500. The highest BCUT2D eigenvalue weighted by molar-refractivity contribution is 7.11. The lowest BCUT2D eigenvalue weighted by Crippen LogP contribution is -2.29. The van der Waals surface area contributed by atoms with Crippen molar-refractivity contribution >= 4 is 17.2 Å². The van der Waals surface area contributed by atoms with E-state index in [4.69, 9.17) is 4.52 Å². The van der Waals surface area contributed by atoms with Gasteiger partial charge in [0.2, 0.25) is 0 Å². The summed E-state index contributed by atoms with van der Waals surface area (Å²) >= 11 is 1.67. The summed E-state index contributed by atoms with van der Waals surface area (Å²) in [5, 5.41) is 4.79. The Morgan fingerprint density at radius 1 is 1.40 bits per heavy atom. The first-order valence-corrected chi connectivity index (χ1v) is 7.38. The van der Waals surface area contributed by atoms with Crippen molar-refractivity contribution in [1.29, 1.82) is 0 Å². The molecule has 0 aromatic carbocycles. The molecule has 0 spiro atoms. The molecule has 0 aliphatic heterocycles. The third kappa shape index (κ3) is 2.75. The number of amides is 1. The SMILES string of the molecule is Cc1nc(C(C)C)sc1C(C)N(C)C(=O)c1ccon1. The Labute approximate surface area is 122 Å². The molecule has 1 amide bonds. The van der Waals surface area contributed by atoms with E-state index in [0.717, 1.165) is 15.6 Å². The van der Waals surface area contributed by atoms with Gasteiger partial charge in [0.1, 0.15) is 6.26 Å². The van der Waals surface area contributed by atoms with E-state index in [1.807, 2.05) is 13.8 Å². The third-order valence-corrected chi connectivity index (χ3v) is 4.91. The number of aryl methyl sites for hydroxylation is 1. The first kappa shape index (κ1) is 14.7. The van der Waals surface area contributed by atoms with Crippen LogP contribution in [0.2, 0.25) is 0 Å². The van der Waals surface area contributed by atoms with Crippen molar-refractivity contribution in [2.45, 2.75) is 39.7 Å². The summed E-state index contributed by atoms with van der Waals surface area (Å²) < 4.78 is 4.72. The zero-order chi connectivity index (χ0) is 14.9. The molecule has 6 heteroatoms. The maximum absolute atomic E-state index is 12.3. The standard InChI is InChI=1S/C14H19N3O2S/c1-8(2)13-15-9(3)12(20-13)10(4)17(5)14(18)11-6-7-19-16-11/h6-8,10H,1-5H3. The first-order valence-electron chi connectivity index (χ1n) is 6.56. The van der Waals surface area contributed by atoms with E-state index in [9.17, 15) is 4.79 Å². The Kier molecular flexibility index (Phi) is 4.23. The van der Waals surface area contributed by atoms with Crippen molar-refractivity contribution in [3.05, 3.63) is 33.6 Å². The van der Waals surface area contributed by atoms with Gasteiger partial charge in [-0.2, -0.15) is 0 Å². The van der Waals surface area contributed by atoms with Gasteiger partial charge >= 0.3 is 0 Å². The second-order valence-corrected chi connectivity index (χ2v) is 6.20.